The van der Waals surface area contributed by atoms with Gasteiger partial charge in [-0.1, -0.05) is 59.6 Å². The number of hydrogen-bond acceptors (Lipinski definition) is 7. The average Bonchev–Trinajstić information content (AvgIpc) is 3.11. The predicted molar refractivity (Wildman–Crippen MR) is 200 cm³/mol. The van der Waals surface area contributed by atoms with E-state index < -0.39 is 30.2 Å². The number of nitrogens with one attached hydrogen (secondary N) is 3. The van der Waals surface area contributed by atoms with Crippen LogP contribution in [0.25, 0.3) is 0 Å². The van der Waals surface area contributed by atoms with Crippen LogP contribution in [0.4, 0.5) is 23.7 Å². The lowest BCUT2D eigenvalue weighted by Gasteiger charge is -2.35. The number of aromatic hydroxyl groups is 1. The molecule has 4 aromatic carbocycles. The highest BCUT2D eigenvalue weighted by atomic mass is 35.5. The monoisotopic (exact) mass is 804 g/mol. The van der Waals surface area contributed by atoms with Crippen molar-refractivity contribution < 1.29 is 51.8 Å². The third-order valence-corrected chi connectivity index (χ3v) is 8.36. The van der Waals surface area contributed by atoms with E-state index in [0.29, 0.717) is 52.0 Å². The van der Waals surface area contributed by atoms with Crippen LogP contribution < -0.4 is 21.1 Å². The molecule has 0 radical (unpaired) electrons. The number of aliphatic carboxylic acids is 1. The van der Waals surface area contributed by atoms with Gasteiger partial charge in [-0.25, -0.2) is 9.59 Å². The second-order valence-corrected chi connectivity index (χ2v) is 13.9. The van der Waals surface area contributed by atoms with Crippen molar-refractivity contribution in [3.05, 3.63) is 129 Å². The van der Waals surface area contributed by atoms with Crippen LogP contribution in [0.5, 0.6) is 5.75 Å². The number of quaternary nitrogens is 1. The number of carboxylic acid groups (broad SMARTS) is 1. The summed E-state index contributed by atoms with van der Waals surface area (Å²) in [6.45, 7) is 5.87. The molecule has 4 aromatic rings. The number of esters is 1. The lowest BCUT2D eigenvalue weighted by atomic mass is 10.0. The van der Waals surface area contributed by atoms with E-state index >= 15 is 0 Å². The Kier molecular flexibility index (Phi) is 16.3. The molecule has 16 heteroatoms. The molecule has 0 aliphatic rings. The first-order valence-electron chi connectivity index (χ1n) is 16.9. The number of halogens is 5. The van der Waals surface area contributed by atoms with Gasteiger partial charge < -0.3 is 40.2 Å². The van der Waals surface area contributed by atoms with Gasteiger partial charge in [0.15, 0.2) is 0 Å². The Morgan fingerprint density at radius 3 is 1.73 bits per heavy atom. The van der Waals surface area contributed by atoms with Gasteiger partial charge in [-0.3, -0.25) is 4.79 Å². The van der Waals surface area contributed by atoms with Crippen LogP contribution in [0.15, 0.2) is 97.1 Å². The van der Waals surface area contributed by atoms with Crippen molar-refractivity contribution in [3.63, 3.8) is 0 Å². The molecular weight excluding hydrogens is 764 g/mol. The Morgan fingerprint density at radius 1 is 0.800 bits per heavy atom. The fourth-order valence-electron chi connectivity index (χ4n) is 5.22. The number of phenolic OH excluding ortho intramolecular Hbond substituents is 1. The Labute approximate surface area is 326 Å². The Morgan fingerprint density at radius 2 is 1.27 bits per heavy atom. The molecule has 4 rings (SSSR count). The number of rotatable bonds is 14. The maximum Gasteiger partial charge on any atom is 0.430 e. The number of benzene rings is 4. The number of anilines is 1. The van der Waals surface area contributed by atoms with Crippen molar-refractivity contribution in [2.24, 2.45) is 0 Å². The summed E-state index contributed by atoms with van der Waals surface area (Å²) in [4.78, 5) is 47.6. The number of hydrogen-bond donors (Lipinski definition) is 4. The van der Waals surface area contributed by atoms with Crippen LogP contribution in [0.2, 0.25) is 10.0 Å². The Bertz CT molecular complexity index is 1830. The molecule has 11 nitrogen and oxygen atoms in total. The van der Waals surface area contributed by atoms with Crippen molar-refractivity contribution in [1.82, 2.24) is 10.6 Å². The standard InChI is InChI=1S/C37H40Cl2N4O5.C2HF3O2/c1-25(2)48-36(46)29-10-16-32(17-11-29)41-37(47)42-34(22-26-8-18-33(44)19-9-26)35(45)40-20-21-43(3,23-27-4-12-30(38)13-5-27)24-28-6-14-31(39)15-7-28;3-2(4,5)1(6)7/h4-19,25,34H,20-24H2,1-3H3,(H3-,40,41,42,44,45,46,47);(H,6,7)/t34-;/m0./s1. The number of urea groups is 1. The molecule has 294 valence electrons. The summed E-state index contributed by atoms with van der Waals surface area (Å²) in [6, 6.07) is 26.7. The molecule has 0 saturated carbocycles. The molecule has 0 aromatic heterocycles. The largest absolute Gasteiger partial charge is 0.542 e. The molecule has 0 spiro atoms. The van der Waals surface area contributed by atoms with Crippen LogP contribution in [0.1, 0.15) is 40.9 Å². The first-order chi connectivity index (χ1) is 25.8. The maximum absolute atomic E-state index is 13.6. The van der Waals surface area contributed by atoms with Gasteiger partial charge in [0.25, 0.3) is 0 Å². The minimum atomic E-state index is -5.19. The van der Waals surface area contributed by atoms with Crippen molar-refractivity contribution in [1.29, 1.82) is 0 Å². The number of likely N-dealkylation sites (N-methyl/N-ethyl adjacent to an activating group) is 1. The number of carboxylic acids is 1. The van der Waals surface area contributed by atoms with Gasteiger partial charge in [-0.15, -0.1) is 0 Å². The zero-order valence-corrected chi connectivity index (χ0v) is 31.7. The number of nitrogens with zero attached hydrogens (tertiary/aromatic N) is 1. The molecular formula is C39H41Cl2F3N4O7. The van der Waals surface area contributed by atoms with E-state index in [1.54, 1.807) is 50.2 Å². The van der Waals surface area contributed by atoms with E-state index in [1.165, 1.54) is 12.1 Å². The number of ether oxygens (including phenoxy) is 1. The summed E-state index contributed by atoms with van der Waals surface area (Å²) >= 11 is 12.3. The molecule has 4 N–H and O–H groups in total. The Hall–Kier alpha value is -5.31. The van der Waals surface area contributed by atoms with Gasteiger partial charge in [-0.2, -0.15) is 13.2 Å². The number of phenols is 1. The maximum atomic E-state index is 13.6. The SMILES string of the molecule is CC(C)OC(=O)c1ccc(NC(=O)N[C@@H](Cc2ccc(O)cc2)C(=O)NCC[N+](C)(Cc2ccc(Cl)cc2)Cc2ccc(Cl)cc2)cc1.O=C([O-])C(F)(F)F. The highest BCUT2D eigenvalue weighted by Gasteiger charge is 2.29. The summed E-state index contributed by atoms with van der Waals surface area (Å²) in [7, 11) is 2.13. The normalized spacial score (nSPS) is 11.8. The van der Waals surface area contributed by atoms with Crippen molar-refractivity contribution in [2.45, 2.75) is 51.7 Å². The zero-order valence-electron chi connectivity index (χ0n) is 30.2. The van der Waals surface area contributed by atoms with Gasteiger partial charge in [0.1, 0.15) is 30.9 Å². The molecule has 0 fully saturated rings. The molecule has 55 heavy (non-hydrogen) atoms. The van der Waals surface area contributed by atoms with Crippen LogP contribution >= 0.6 is 23.2 Å². The summed E-state index contributed by atoms with van der Waals surface area (Å²) in [6.07, 6.45) is -5.25. The van der Waals surface area contributed by atoms with Gasteiger partial charge in [0, 0.05) is 33.3 Å². The van der Waals surface area contributed by atoms with E-state index in [9.17, 15) is 32.7 Å². The summed E-state index contributed by atoms with van der Waals surface area (Å²) < 4.78 is 37.3. The molecule has 0 heterocycles. The fraction of sp³-hybridized carbons (Fsp3) is 0.282. The summed E-state index contributed by atoms with van der Waals surface area (Å²) in [5.74, 6) is -3.71. The molecule has 0 bridgehead atoms. The second-order valence-electron chi connectivity index (χ2n) is 13.0. The lowest BCUT2D eigenvalue weighted by Crippen LogP contribution is -2.52. The summed E-state index contributed by atoms with van der Waals surface area (Å²) in [5.41, 5.74) is 3.77. The summed E-state index contributed by atoms with van der Waals surface area (Å²) in [5, 5.41) is 28.4. The first-order valence-corrected chi connectivity index (χ1v) is 17.6. The van der Waals surface area contributed by atoms with Gasteiger partial charge in [-0.05, 0) is 80.1 Å². The van der Waals surface area contributed by atoms with E-state index in [-0.39, 0.29) is 24.2 Å². The average molecular weight is 806 g/mol. The number of carbonyl (C=O) groups is 4. The number of amides is 3. The van der Waals surface area contributed by atoms with E-state index in [2.05, 4.69) is 23.0 Å². The fourth-order valence-corrected chi connectivity index (χ4v) is 5.47. The minimum Gasteiger partial charge on any atom is -0.542 e. The van der Waals surface area contributed by atoms with Crippen molar-refractivity contribution >= 4 is 52.8 Å². The predicted octanol–water partition coefficient (Wildman–Crippen LogP) is 6.26. The van der Waals surface area contributed by atoms with Crippen LogP contribution in [-0.4, -0.2) is 71.9 Å². The Balaban J connectivity index is 0.00000106. The highest BCUT2D eigenvalue weighted by molar-refractivity contribution is 6.30. The molecule has 0 saturated heterocycles. The minimum absolute atomic E-state index is 0.101. The highest BCUT2D eigenvalue weighted by Crippen LogP contribution is 2.21. The smallest absolute Gasteiger partial charge is 0.430 e. The van der Waals surface area contributed by atoms with Gasteiger partial charge in [0.05, 0.1) is 31.8 Å². The van der Waals surface area contributed by atoms with Gasteiger partial charge >= 0.3 is 18.2 Å². The molecule has 0 aliphatic carbocycles. The van der Waals surface area contributed by atoms with Crippen LogP contribution in [0.3, 0.4) is 0 Å². The van der Waals surface area contributed by atoms with Crippen molar-refractivity contribution in [2.75, 3.05) is 25.5 Å². The van der Waals surface area contributed by atoms with E-state index in [1.807, 2.05) is 48.5 Å². The molecule has 1 atom stereocenters. The first kappa shape index (κ1) is 44.1. The topological polar surface area (TPSA) is 157 Å². The quantitative estimate of drug-likeness (QED) is 0.0867. The van der Waals surface area contributed by atoms with Gasteiger partial charge in [0.2, 0.25) is 5.91 Å². The second kappa shape index (κ2) is 20.4. The molecule has 3 amide bonds. The van der Waals surface area contributed by atoms with E-state index in [4.69, 9.17) is 37.8 Å². The zero-order chi connectivity index (χ0) is 40.8. The molecule has 0 aliphatic heterocycles. The van der Waals surface area contributed by atoms with Crippen molar-refractivity contribution in [3.8, 4) is 5.75 Å². The van der Waals surface area contributed by atoms with E-state index in [0.717, 1.165) is 16.7 Å². The number of carbonyl (C=O) groups excluding carboxylic acids is 4. The van der Waals surface area contributed by atoms with Crippen LogP contribution in [-0.2, 0) is 33.8 Å². The van der Waals surface area contributed by atoms with Crippen LogP contribution in [0, 0.1) is 0 Å². The molecule has 0 unspecified atom stereocenters. The number of alkyl halides is 3. The third-order valence-electron chi connectivity index (χ3n) is 7.86. The third kappa shape index (κ3) is 15.9. The lowest BCUT2D eigenvalue weighted by molar-refractivity contribution is -0.934.